The van der Waals surface area contributed by atoms with Gasteiger partial charge in [0.15, 0.2) is 11.5 Å². The van der Waals surface area contributed by atoms with E-state index in [9.17, 15) is 0 Å². The molecule has 0 bridgehead atoms. The first-order valence-corrected chi connectivity index (χ1v) is 12.6. The van der Waals surface area contributed by atoms with Crippen LogP contribution in [-0.4, -0.2) is 56.3 Å². The quantitative estimate of drug-likeness (QED) is 0.364. The molecule has 0 saturated carbocycles. The van der Waals surface area contributed by atoms with Crippen LogP contribution in [0.25, 0.3) is 27.7 Å². The number of para-hydroxylation sites is 1. The number of allylic oxidation sites excluding steroid dienone is 1. The standard InChI is InChI=1S/C26H30BrN7O/c1-5-21(35-26(2,3)4)32-10-12-33(13-11-32)25-22(27)23(28)34-24(31-25)19(16-30-34)18-14-17-8-6-7-9-20(17)29-15-18/h5-9,14-16H,10-13,28H2,1-4H3/b21-5-. The van der Waals surface area contributed by atoms with Gasteiger partial charge in [0.05, 0.1) is 11.7 Å². The monoisotopic (exact) mass is 535 g/mol. The third-order valence-corrected chi connectivity index (χ3v) is 6.82. The molecular formula is C26H30BrN7O. The molecule has 4 aromatic rings. The third-order valence-electron chi connectivity index (χ3n) is 6.06. The average Bonchev–Trinajstić information content (AvgIpc) is 3.28. The van der Waals surface area contributed by atoms with Crippen molar-refractivity contribution in [3.63, 3.8) is 0 Å². The van der Waals surface area contributed by atoms with Gasteiger partial charge in [-0.05, 0) is 61.8 Å². The van der Waals surface area contributed by atoms with Crippen LogP contribution < -0.4 is 10.6 Å². The summed E-state index contributed by atoms with van der Waals surface area (Å²) in [6, 6.07) is 10.2. The van der Waals surface area contributed by atoms with E-state index in [0.29, 0.717) is 11.5 Å². The van der Waals surface area contributed by atoms with Crippen molar-refractivity contribution in [1.82, 2.24) is 24.5 Å². The summed E-state index contributed by atoms with van der Waals surface area (Å²) >= 11 is 3.68. The van der Waals surface area contributed by atoms with Gasteiger partial charge in [0, 0.05) is 48.9 Å². The number of piperazine rings is 1. The lowest BCUT2D eigenvalue weighted by molar-refractivity contribution is 0.0000127. The van der Waals surface area contributed by atoms with Crippen molar-refractivity contribution in [1.29, 1.82) is 0 Å². The van der Waals surface area contributed by atoms with Gasteiger partial charge >= 0.3 is 0 Å². The molecule has 1 aromatic carbocycles. The Morgan fingerprint density at radius 3 is 2.57 bits per heavy atom. The van der Waals surface area contributed by atoms with E-state index in [2.05, 4.69) is 68.7 Å². The van der Waals surface area contributed by atoms with Gasteiger partial charge in [-0.1, -0.05) is 18.2 Å². The number of hydrogen-bond donors (Lipinski definition) is 1. The van der Waals surface area contributed by atoms with Crippen molar-refractivity contribution in [3.05, 3.63) is 59.2 Å². The van der Waals surface area contributed by atoms with Gasteiger partial charge < -0.3 is 20.3 Å². The minimum Gasteiger partial charge on any atom is -0.474 e. The second-order valence-electron chi connectivity index (χ2n) is 9.66. The zero-order valence-corrected chi connectivity index (χ0v) is 22.1. The number of benzene rings is 1. The van der Waals surface area contributed by atoms with Crippen molar-refractivity contribution in [2.75, 3.05) is 36.8 Å². The summed E-state index contributed by atoms with van der Waals surface area (Å²) < 4.78 is 8.59. The first-order chi connectivity index (χ1) is 16.7. The number of nitrogens with zero attached hydrogens (tertiary/aromatic N) is 6. The van der Waals surface area contributed by atoms with Crippen LogP contribution in [0.1, 0.15) is 27.7 Å². The lowest BCUT2D eigenvalue weighted by atomic mass is 10.1. The van der Waals surface area contributed by atoms with Crippen LogP contribution in [0, 0.1) is 0 Å². The van der Waals surface area contributed by atoms with E-state index in [1.165, 1.54) is 0 Å². The summed E-state index contributed by atoms with van der Waals surface area (Å²) in [5.74, 6) is 2.27. The van der Waals surface area contributed by atoms with Crippen LogP contribution in [0.4, 0.5) is 11.6 Å². The second kappa shape index (κ2) is 9.03. The van der Waals surface area contributed by atoms with Crippen LogP contribution in [0.2, 0.25) is 0 Å². The highest BCUT2D eigenvalue weighted by Gasteiger charge is 2.26. The van der Waals surface area contributed by atoms with Crippen LogP contribution >= 0.6 is 15.9 Å². The summed E-state index contributed by atoms with van der Waals surface area (Å²) in [6.45, 7) is 11.5. The van der Waals surface area contributed by atoms with Gasteiger partial charge in [-0.3, -0.25) is 4.98 Å². The third kappa shape index (κ3) is 4.52. The van der Waals surface area contributed by atoms with Crippen LogP contribution in [-0.2, 0) is 4.74 Å². The topological polar surface area (TPSA) is 84.8 Å². The molecule has 0 radical (unpaired) electrons. The molecule has 1 saturated heterocycles. The largest absolute Gasteiger partial charge is 0.474 e. The van der Waals surface area contributed by atoms with Crippen LogP contribution in [0.5, 0.6) is 0 Å². The molecule has 2 N–H and O–H groups in total. The molecule has 9 heteroatoms. The molecule has 1 aliphatic heterocycles. The first kappa shape index (κ1) is 23.4. The summed E-state index contributed by atoms with van der Waals surface area (Å²) in [7, 11) is 0. The highest BCUT2D eigenvalue weighted by atomic mass is 79.9. The number of nitrogens with two attached hydrogens (primary N) is 1. The summed E-state index contributed by atoms with van der Waals surface area (Å²) in [4.78, 5) is 14.2. The Bertz CT molecular complexity index is 1410. The molecule has 0 aliphatic carbocycles. The van der Waals surface area contributed by atoms with E-state index in [-0.39, 0.29) is 5.60 Å². The average molecular weight is 536 g/mol. The van der Waals surface area contributed by atoms with E-state index in [1.807, 2.05) is 37.4 Å². The number of halogens is 1. The first-order valence-electron chi connectivity index (χ1n) is 11.8. The van der Waals surface area contributed by atoms with E-state index in [1.54, 1.807) is 10.7 Å². The maximum absolute atomic E-state index is 6.51. The number of aromatic nitrogens is 4. The molecule has 1 aliphatic rings. The number of hydrogen-bond acceptors (Lipinski definition) is 7. The highest BCUT2D eigenvalue weighted by molar-refractivity contribution is 9.10. The Balaban J connectivity index is 1.46. The SMILES string of the molecule is C/C=C(\OC(C)(C)C)N1CCN(c2nc3c(-c4cnc5ccccc5c4)cnn3c(N)c2Br)CC1. The minimum atomic E-state index is -0.237. The molecule has 0 amide bonds. The van der Waals surface area contributed by atoms with Crippen LogP contribution in [0.15, 0.2) is 59.2 Å². The Labute approximate surface area is 213 Å². The fraction of sp³-hybridized carbons (Fsp3) is 0.346. The molecule has 4 heterocycles. The number of nitrogen functional groups attached to an aromatic ring is 1. The lowest BCUT2D eigenvalue weighted by Crippen LogP contribution is -2.47. The molecule has 3 aromatic heterocycles. The number of fused-ring (bicyclic) bond motifs is 2. The fourth-order valence-corrected chi connectivity index (χ4v) is 4.88. The van der Waals surface area contributed by atoms with E-state index in [4.69, 9.17) is 15.5 Å². The van der Waals surface area contributed by atoms with Gasteiger partial charge in [-0.15, -0.1) is 0 Å². The van der Waals surface area contributed by atoms with Crippen molar-refractivity contribution in [2.24, 2.45) is 0 Å². The second-order valence-corrected chi connectivity index (χ2v) is 10.5. The molecular weight excluding hydrogens is 506 g/mol. The number of rotatable bonds is 4. The normalized spacial score (nSPS) is 15.3. The summed E-state index contributed by atoms with van der Waals surface area (Å²) in [5, 5.41) is 5.59. The Kier molecular flexibility index (Phi) is 6.04. The maximum atomic E-state index is 6.51. The van der Waals surface area contributed by atoms with Gasteiger partial charge in [-0.25, -0.2) is 4.98 Å². The summed E-state index contributed by atoms with van der Waals surface area (Å²) in [6.07, 6.45) is 5.71. The smallest absolute Gasteiger partial charge is 0.185 e. The van der Waals surface area contributed by atoms with Gasteiger partial charge in [0.2, 0.25) is 0 Å². The number of ether oxygens (including phenoxy) is 1. The highest BCUT2D eigenvalue weighted by Crippen LogP contribution is 2.35. The van der Waals surface area contributed by atoms with E-state index >= 15 is 0 Å². The van der Waals surface area contributed by atoms with Gasteiger partial charge in [0.1, 0.15) is 21.7 Å². The van der Waals surface area contributed by atoms with Crippen LogP contribution in [0.3, 0.4) is 0 Å². The predicted molar refractivity (Wildman–Crippen MR) is 144 cm³/mol. The van der Waals surface area contributed by atoms with Crippen molar-refractivity contribution >= 4 is 44.1 Å². The van der Waals surface area contributed by atoms with E-state index < -0.39 is 0 Å². The van der Waals surface area contributed by atoms with E-state index in [0.717, 1.165) is 64.4 Å². The van der Waals surface area contributed by atoms with Gasteiger partial charge in [0.25, 0.3) is 0 Å². The zero-order chi connectivity index (χ0) is 24.7. The molecule has 0 spiro atoms. The molecule has 0 atom stereocenters. The Hall–Kier alpha value is -3.33. The maximum Gasteiger partial charge on any atom is 0.185 e. The Morgan fingerprint density at radius 1 is 1.11 bits per heavy atom. The minimum absolute atomic E-state index is 0.237. The number of pyridine rings is 1. The Morgan fingerprint density at radius 2 is 1.86 bits per heavy atom. The molecule has 1 fully saturated rings. The van der Waals surface area contributed by atoms with Crippen molar-refractivity contribution in [3.8, 4) is 11.1 Å². The van der Waals surface area contributed by atoms with Crippen molar-refractivity contribution in [2.45, 2.75) is 33.3 Å². The van der Waals surface area contributed by atoms with Gasteiger partial charge in [-0.2, -0.15) is 9.61 Å². The summed E-state index contributed by atoms with van der Waals surface area (Å²) in [5.41, 5.74) is 9.80. The molecule has 182 valence electrons. The van der Waals surface area contributed by atoms with Crippen molar-refractivity contribution < 1.29 is 4.74 Å². The number of anilines is 2. The zero-order valence-electron chi connectivity index (χ0n) is 20.5. The predicted octanol–water partition coefficient (Wildman–Crippen LogP) is 5.09. The molecule has 8 nitrogen and oxygen atoms in total. The lowest BCUT2D eigenvalue weighted by Gasteiger charge is -2.39. The molecule has 5 rings (SSSR count). The molecule has 35 heavy (non-hydrogen) atoms. The molecule has 0 unspecified atom stereocenters. The fourth-order valence-electron chi connectivity index (χ4n) is 4.37.